The Labute approximate surface area is 207 Å². The van der Waals surface area contributed by atoms with Crippen LogP contribution in [-0.4, -0.2) is 48.1 Å². The molecule has 2 atom stereocenters. The predicted molar refractivity (Wildman–Crippen MR) is 133 cm³/mol. The third-order valence-electron chi connectivity index (χ3n) is 7.01. The Hall–Kier alpha value is -4.59. The van der Waals surface area contributed by atoms with Crippen LogP contribution in [0.4, 0.5) is 10.5 Å². The first-order chi connectivity index (χ1) is 17.5. The highest BCUT2D eigenvalue weighted by Crippen LogP contribution is 2.45. The minimum atomic E-state index is -0.666. The zero-order chi connectivity index (χ0) is 25.0. The molecule has 2 aliphatic heterocycles. The van der Waals surface area contributed by atoms with Crippen molar-refractivity contribution < 1.29 is 23.9 Å². The number of rotatable bonds is 4. The lowest BCUT2D eigenvalue weighted by molar-refractivity contribution is -0.120. The number of urea groups is 1. The van der Waals surface area contributed by atoms with Gasteiger partial charge in [-0.15, -0.1) is 0 Å². The number of H-pyrrole nitrogens is 1. The van der Waals surface area contributed by atoms with E-state index in [4.69, 9.17) is 9.47 Å². The average molecular weight is 482 g/mol. The van der Waals surface area contributed by atoms with Gasteiger partial charge in [0.2, 0.25) is 0 Å². The van der Waals surface area contributed by atoms with E-state index in [0.717, 1.165) is 27.7 Å². The number of amides is 3. The lowest BCUT2D eigenvalue weighted by Crippen LogP contribution is -2.44. The molecule has 1 saturated heterocycles. The molecule has 180 valence electrons. The van der Waals surface area contributed by atoms with Gasteiger partial charge < -0.3 is 14.5 Å². The molecule has 4 aromatic rings. The maximum Gasteiger partial charge on any atom is 0.337 e. The number of hydrogen-bond donors (Lipinski definition) is 1. The molecular formula is C28H23N3O5. The molecule has 0 radical (unpaired) electrons. The number of ether oxygens (including phenoxy) is 2. The summed E-state index contributed by atoms with van der Waals surface area (Å²) in [6, 6.07) is 20.2. The predicted octanol–water partition coefficient (Wildman–Crippen LogP) is 4.45. The number of nitrogens with zero attached hydrogens (tertiary/aromatic N) is 2. The van der Waals surface area contributed by atoms with Crippen molar-refractivity contribution in [2.45, 2.75) is 18.5 Å². The normalized spacial score (nSPS) is 18.8. The molecule has 1 fully saturated rings. The van der Waals surface area contributed by atoms with Gasteiger partial charge in [-0.1, -0.05) is 36.4 Å². The molecule has 8 heteroatoms. The number of aromatic amines is 1. The number of aromatic nitrogens is 1. The summed E-state index contributed by atoms with van der Waals surface area (Å²) in [5.41, 5.74) is 4.49. The van der Waals surface area contributed by atoms with Crippen molar-refractivity contribution in [3.8, 4) is 5.75 Å². The summed E-state index contributed by atoms with van der Waals surface area (Å²) in [6.07, 6.45) is 0.404. The van der Waals surface area contributed by atoms with Crippen LogP contribution in [0.3, 0.4) is 0 Å². The van der Waals surface area contributed by atoms with Crippen molar-refractivity contribution >= 4 is 34.5 Å². The van der Waals surface area contributed by atoms with Gasteiger partial charge in [-0.05, 0) is 41.5 Å². The Balaban J connectivity index is 1.50. The fraction of sp³-hybridized carbons (Fsp3) is 0.179. The Morgan fingerprint density at radius 2 is 1.75 bits per heavy atom. The van der Waals surface area contributed by atoms with E-state index >= 15 is 0 Å². The van der Waals surface area contributed by atoms with Gasteiger partial charge in [-0.2, -0.15) is 0 Å². The SMILES string of the molecule is COC(=O)c1ccc([C@@H]2c3[nH]c4ccccc4c3C[C@H]3C(=O)N(c4cccc(OC)c4)C(=O)N23)cc1. The molecule has 0 unspecified atom stereocenters. The van der Waals surface area contributed by atoms with Gasteiger partial charge in [0, 0.05) is 29.1 Å². The average Bonchev–Trinajstić information content (AvgIpc) is 3.41. The highest BCUT2D eigenvalue weighted by Gasteiger charge is 2.53. The van der Waals surface area contributed by atoms with E-state index in [2.05, 4.69) is 4.98 Å². The Morgan fingerprint density at radius 3 is 2.50 bits per heavy atom. The summed E-state index contributed by atoms with van der Waals surface area (Å²) in [4.78, 5) is 46.0. The van der Waals surface area contributed by atoms with Crippen LogP contribution in [0.15, 0.2) is 72.8 Å². The topological polar surface area (TPSA) is 91.9 Å². The maximum atomic E-state index is 13.9. The summed E-state index contributed by atoms with van der Waals surface area (Å²) in [5, 5.41) is 1.03. The molecular weight excluding hydrogens is 458 g/mol. The number of carbonyl (C=O) groups is 3. The van der Waals surface area contributed by atoms with Crippen LogP contribution in [0.2, 0.25) is 0 Å². The molecule has 3 aromatic carbocycles. The first kappa shape index (κ1) is 21.9. The largest absolute Gasteiger partial charge is 0.497 e. The minimum Gasteiger partial charge on any atom is -0.497 e. The number of para-hydroxylation sites is 1. The second-order valence-electron chi connectivity index (χ2n) is 8.86. The van der Waals surface area contributed by atoms with Crippen molar-refractivity contribution in [2.75, 3.05) is 19.1 Å². The number of fused-ring (bicyclic) bond motifs is 4. The van der Waals surface area contributed by atoms with Crippen LogP contribution in [0.5, 0.6) is 5.75 Å². The molecule has 8 nitrogen and oxygen atoms in total. The number of methoxy groups -OCH3 is 2. The monoisotopic (exact) mass is 481 g/mol. The molecule has 1 N–H and O–H groups in total. The summed E-state index contributed by atoms with van der Waals surface area (Å²) >= 11 is 0. The standard InChI is InChI=1S/C28H23N3O5/c1-35-19-7-5-6-18(14-19)30-26(32)23-15-21-20-8-3-4-9-22(20)29-24(21)25(31(23)28(30)34)16-10-12-17(13-11-16)27(33)36-2/h3-14,23,25,29H,15H2,1-2H3/t23-,25+/m0/s1. The fourth-order valence-corrected chi connectivity index (χ4v) is 5.33. The molecule has 0 aliphatic carbocycles. The van der Waals surface area contributed by atoms with E-state index in [-0.39, 0.29) is 5.91 Å². The zero-order valence-electron chi connectivity index (χ0n) is 19.7. The second-order valence-corrected chi connectivity index (χ2v) is 8.86. The van der Waals surface area contributed by atoms with E-state index in [1.54, 1.807) is 60.5 Å². The van der Waals surface area contributed by atoms with Crippen molar-refractivity contribution in [3.05, 3.63) is 95.2 Å². The van der Waals surface area contributed by atoms with Crippen LogP contribution in [0, 0.1) is 0 Å². The van der Waals surface area contributed by atoms with Gasteiger partial charge in [0.05, 0.1) is 25.5 Å². The van der Waals surface area contributed by atoms with E-state index in [9.17, 15) is 14.4 Å². The maximum absolute atomic E-state index is 13.9. The summed E-state index contributed by atoms with van der Waals surface area (Å²) in [6.45, 7) is 0. The Kier molecular flexibility index (Phi) is 5.03. The highest BCUT2D eigenvalue weighted by molar-refractivity contribution is 6.22. The molecule has 2 aliphatic rings. The quantitative estimate of drug-likeness (QED) is 0.344. The third kappa shape index (κ3) is 3.18. The molecule has 0 bridgehead atoms. The van der Waals surface area contributed by atoms with Gasteiger partial charge in [-0.3, -0.25) is 9.69 Å². The van der Waals surface area contributed by atoms with Crippen LogP contribution in [-0.2, 0) is 16.0 Å². The number of hydrogen-bond acceptors (Lipinski definition) is 5. The fourth-order valence-electron chi connectivity index (χ4n) is 5.33. The van der Waals surface area contributed by atoms with Crippen molar-refractivity contribution in [1.82, 2.24) is 9.88 Å². The summed E-state index contributed by atoms with van der Waals surface area (Å²) in [5.74, 6) is -0.157. The number of nitrogens with one attached hydrogen (secondary N) is 1. The first-order valence-electron chi connectivity index (χ1n) is 11.6. The minimum absolute atomic E-state index is 0.277. The third-order valence-corrected chi connectivity index (χ3v) is 7.01. The van der Waals surface area contributed by atoms with Gasteiger partial charge in [0.1, 0.15) is 17.8 Å². The van der Waals surface area contributed by atoms with Crippen molar-refractivity contribution in [2.24, 2.45) is 0 Å². The Morgan fingerprint density at radius 1 is 0.972 bits per heavy atom. The number of imide groups is 1. The van der Waals surface area contributed by atoms with E-state index in [1.807, 2.05) is 24.3 Å². The molecule has 1 aromatic heterocycles. The van der Waals surface area contributed by atoms with Crippen molar-refractivity contribution in [3.63, 3.8) is 0 Å². The van der Waals surface area contributed by atoms with Crippen LogP contribution in [0.25, 0.3) is 10.9 Å². The summed E-state index contributed by atoms with van der Waals surface area (Å²) in [7, 11) is 2.88. The van der Waals surface area contributed by atoms with E-state index < -0.39 is 24.1 Å². The molecule has 3 amide bonds. The lowest BCUT2D eigenvalue weighted by Gasteiger charge is -2.36. The Bertz CT molecular complexity index is 1520. The summed E-state index contributed by atoms with van der Waals surface area (Å²) < 4.78 is 10.1. The van der Waals surface area contributed by atoms with Gasteiger partial charge >= 0.3 is 12.0 Å². The molecule has 0 spiro atoms. The van der Waals surface area contributed by atoms with Gasteiger partial charge in [-0.25, -0.2) is 14.5 Å². The number of carbonyl (C=O) groups excluding carboxylic acids is 3. The number of esters is 1. The number of benzene rings is 3. The molecule has 36 heavy (non-hydrogen) atoms. The van der Waals surface area contributed by atoms with Crippen LogP contribution < -0.4 is 9.64 Å². The highest BCUT2D eigenvalue weighted by atomic mass is 16.5. The molecule has 0 saturated carbocycles. The lowest BCUT2D eigenvalue weighted by atomic mass is 9.88. The van der Waals surface area contributed by atoms with Gasteiger partial charge in [0.25, 0.3) is 5.91 Å². The van der Waals surface area contributed by atoms with E-state index in [1.165, 1.54) is 12.0 Å². The second kappa shape index (κ2) is 8.27. The first-order valence-corrected chi connectivity index (χ1v) is 11.6. The molecule has 6 rings (SSSR count). The number of anilines is 1. The van der Waals surface area contributed by atoms with Crippen molar-refractivity contribution in [1.29, 1.82) is 0 Å². The van der Waals surface area contributed by atoms with E-state index in [0.29, 0.717) is 23.4 Å². The smallest absolute Gasteiger partial charge is 0.337 e. The molecule has 3 heterocycles. The van der Waals surface area contributed by atoms with Gasteiger partial charge in [0.15, 0.2) is 0 Å². The zero-order valence-corrected chi connectivity index (χ0v) is 19.7. The van der Waals surface area contributed by atoms with Crippen LogP contribution >= 0.6 is 0 Å². The van der Waals surface area contributed by atoms with Crippen LogP contribution in [0.1, 0.15) is 33.2 Å².